The fourth-order valence-electron chi connectivity index (χ4n) is 0.794. The Labute approximate surface area is 85.4 Å². The molecule has 0 unspecified atom stereocenters. The molecule has 0 atom stereocenters. The van der Waals surface area contributed by atoms with E-state index in [4.69, 9.17) is 4.74 Å². The van der Waals surface area contributed by atoms with Crippen LogP contribution in [-0.4, -0.2) is 23.1 Å². The van der Waals surface area contributed by atoms with Crippen molar-refractivity contribution in [3.8, 4) is 0 Å². The highest BCUT2D eigenvalue weighted by molar-refractivity contribution is 7.99. The quantitative estimate of drug-likeness (QED) is 0.509. The minimum absolute atomic E-state index is 0.0869. The van der Waals surface area contributed by atoms with Crippen molar-refractivity contribution in [3.05, 3.63) is 0 Å². The predicted octanol–water partition coefficient (Wildman–Crippen LogP) is 2.86. The first kappa shape index (κ1) is 12.8. The lowest BCUT2D eigenvalue weighted by molar-refractivity contribution is -0.154. The maximum absolute atomic E-state index is 11.2. The number of carbonyl (C=O) groups is 1. The van der Waals surface area contributed by atoms with E-state index >= 15 is 0 Å². The Kier molecular flexibility index (Phi) is 6.21. The summed E-state index contributed by atoms with van der Waals surface area (Å²) in [7, 11) is 0. The SMILES string of the molecule is CCCSCCC(=O)OC(C)(C)C. The molecule has 0 heterocycles. The molecule has 0 saturated heterocycles. The summed E-state index contributed by atoms with van der Waals surface area (Å²) < 4.78 is 5.17. The molecule has 0 saturated carbocycles. The Hall–Kier alpha value is -0.180. The highest BCUT2D eigenvalue weighted by atomic mass is 32.2. The molecule has 2 nitrogen and oxygen atoms in total. The van der Waals surface area contributed by atoms with Crippen LogP contribution >= 0.6 is 11.8 Å². The van der Waals surface area contributed by atoms with Crippen LogP contribution in [0.1, 0.15) is 40.5 Å². The zero-order chi connectivity index (χ0) is 10.3. The molecule has 0 fully saturated rings. The Morgan fingerprint density at radius 2 is 1.92 bits per heavy atom. The van der Waals surface area contributed by atoms with Gasteiger partial charge in [0.2, 0.25) is 0 Å². The average Bonchev–Trinajstić information content (AvgIpc) is 1.94. The fourth-order valence-corrected chi connectivity index (χ4v) is 1.60. The van der Waals surface area contributed by atoms with E-state index in [9.17, 15) is 4.79 Å². The number of hydrogen-bond acceptors (Lipinski definition) is 3. The molecule has 0 spiro atoms. The van der Waals surface area contributed by atoms with Gasteiger partial charge < -0.3 is 4.74 Å². The van der Waals surface area contributed by atoms with E-state index in [-0.39, 0.29) is 11.6 Å². The van der Waals surface area contributed by atoms with Gasteiger partial charge in [0.15, 0.2) is 0 Å². The molecule has 13 heavy (non-hydrogen) atoms. The molecule has 3 heteroatoms. The third-order valence-electron chi connectivity index (χ3n) is 1.22. The van der Waals surface area contributed by atoms with Crippen LogP contribution in [0, 0.1) is 0 Å². The Balaban J connectivity index is 3.41. The van der Waals surface area contributed by atoms with Gasteiger partial charge in [-0.2, -0.15) is 11.8 Å². The van der Waals surface area contributed by atoms with Crippen LogP contribution < -0.4 is 0 Å². The van der Waals surface area contributed by atoms with Crippen LogP contribution in [0.15, 0.2) is 0 Å². The summed E-state index contributed by atoms with van der Waals surface area (Å²) in [6.07, 6.45) is 1.70. The smallest absolute Gasteiger partial charge is 0.307 e. The number of thioether (sulfide) groups is 1. The molecule has 0 aromatic rings. The van der Waals surface area contributed by atoms with Gasteiger partial charge in [-0.25, -0.2) is 0 Å². The predicted molar refractivity (Wildman–Crippen MR) is 58.1 cm³/mol. The van der Waals surface area contributed by atoms with Crippen molar-refractivity contribution < 1.29 is 9.53 Å². The molecular weight excluding hydrogens is 184 g/mol. The first-order valence-electron chi connectivity index (χ1n) is 4.75. The second kappa shape index (κ2) is 6.30. The van der Waals surface area contributed by atoms with Crippen LogP contribution in [0.25, 0.3) is 0 Å². The summed E-state index contributed by atoms with van der Waals surface area (Å²) in [5.74, 6) is 1.92. The van der Waals surface area contributed by atoms with Crippen molar-refractivity contribution in [2.75, 3.05) is 11.5 Å². The highest BCUT2D eigenvalue weighted by Gasteiger charge is 2.15. The van der Waals surface area contributed by atoms with Crippen molar-refractivity contribution in [1.82, 2.24) is 0 Å². The molecule has 0 N–H and O–H groups in total. The van der Waals surface area contributed by atoms with Gasteiger partial charge in [-0.3, -0.25) is 4.79 Å². The molecule has 0 aromatic carbocycles. The van der Waals surface area contributed by atoms with Gasteiger partial charge in [-0.05, 0) is 32.9 Å². The molecule has 78 valence electrons. The molecular formula is C10H20O2S. The lowest BCUT2D eigenvalue weighted by atomic mass is 10.2. The van der Waals surface area contributed by atoms with E-state index in [1.54, 1.807) is 11.8 Å². The van der Waals surface area contributed by atoms with Gasteiger partial charge in [0.05, 0.1) is 6.42 Å². The van der Waals surface area contributed by atoms with E-state index in [1.807, 2.05) is 20.8 Å². The summed E-state index contributed by atoms with van der Waals surface area (Å²) in [5, 5.41) is 0. The molecule has 0 aromatic heterocycles. The van der Waals surface area contributed by atoms with Crippen LogP contribution in [-0.2, 0) is 9.53 Å². The lowest BCUT2D eigenvalue weighted by Crippen LogP contribution is -2.24. The highest BCUT2D eigenvalue weighted by Crippen LogP contribution is 2.10. The van der Waals surface area contributed by atoms with Crippen molar-refractivity contribution in [2.24, 2.45) is 0 Å². The standard InChI is InChI=1S/C10H20O2S/c1-5-7-13-8-6-9(11)12-10(2,3)4/h5-8H2,1-4H3. The summed E-state index contributed by atoms with van der Waals surface area (Å²) in [6.45, 7) is 7.82. The summed E-state index contributed by atoms with van der Waals surface area (Å²) in [4.78, 5) is 11.2. The molecule has 0 aliphatic carbocycles. The van der Waals surface area contributed by atoms with Crippen molar-refractivity contribution in [3.63, 3.8) is 0 Å². The second-order valence-electron chi connectivity index (χ2n) is 3.95. The second-order valence-corrected chi connectivity index (χ2v) is 5.17. The summed E-state index contributed by atoms with van der Waals surface area (Å²) in [5.41, 5.74) is -0.341. The van der Waals surface area contributed by atoms with E-state index in [2.05, 4.69) is 6.92 Å². The van der Waals surface area contributed by atoms with Gasteiger partial charge in [-0.15, -0.1) is 0 Å². The van der Waals surface area contributed by atoms with Crippen molar-refractivity contribution in [1.29, 1.82) is 0 Å². The first-order chi connectivity index (χ1) is 5.95. The Bertz CT molecular complexity index is 149. The van der Waals surface area contributed by atoms with Gasteiger partial charge in [-0.1, -0.05) is 6.92 Å². The lowest BCUT2D eigenvalue weighted by Gasteiger charge is -2.19. The summed E-state index contributed by atoms with van der Waals surface area (Å²) in [6, 6.07) is 0. The largest absolute Gasteiger partial charge is 0.460 e. The van der Waals surface area contributed by atoms with Crippen LogP contribution in [0.2, 0.25) is 0 Å². The molecule has 0 amide bonds. The molecule has 0 radical (unpaired) electrons. The number of rotatable bonds is 5. The minimum Gasteiger partial charge on any atom is -0.460 e. The monoisotopic (exact) mass is 204 g/mol. The van der Waals surface area contributed by atoms with Gasteiger partial charge >= 0.3 is 5.97 Å². The van der Waals surface area contributed by atoms with Crippen LogP contribution in [0.5, 0.6) is 0 Å². The Morgan fingerprint density at radius 3 is 2.38 bits per heavy atom. The zero-order valence-corrected chi connectivity index (χ0v) is 9.87. The maximum Gasteiger partial charge on any atom is 0.307 e. The van der Waals surface area contributed by atoms with Gasteiger partial charge in [0.25, 0.3) is 0 Å². The summed E-state index contributed by atoms with van der Waals surface area (Å²) >= 11 is 1.81. The molecule has 0 bridgehead atoms. The topological polar surface area (TPSA) is 26.3 Å². The number of esters is 1. The van der Waals surface area contributed by atoms with E-state index in [0.29, 0.717) is 6.42 Å². The van der Waals surface area contributed by atoms with E-state index in [1.165, 1.54) is 6.42 Å². The van der Waals surface area contributed by atoms with Crippen LogP contribution in [0.3, 0.4) is 0 Å². The molecule has 0 aliphatic rings. The van der Waals surface area contributed by atoms with Gasteiger partial charge in [0.1, 0.15) is 5.60 Å². The third kappa shape index (κ3) is 9.74. The normalized spacial score (nSPS) is 11.4. The van der Waals surface area contributed by atoms with Crippen LogP contribution in [0.4, 0.5) is 0 Å². The number of hydrogen-bond donors (Lipinski definition) is 0. The molecule has 0 aliphatic heterocycles. The third-order valence-corrected chi connectivity index (χ3v) is 2.41. The molecule has 0 rings (SSSR count). The van der Waals surface area contributed by atoms with E-state index < -0.39 is 0 Å². The minimum atomic E-state index is -0.341. The van der Waals surface area contributed by atoms with Crippen molar-refractivity contribution >= 4 is 17.7 Å². The van der Waals surface area contributed by atoms with E-state index in [0.717, 1.165) is 11.5 Å². The van der Waals surface area contributed by atoms with Gasteiger partial charge in [0, 0.05) is 5.75 Å². The Morgan fingerprint density at radius 1 is 1.31 bits per heavy atom. The maximum atomic E-state index is 11.2. The average molecular weight is 204 g/mol. The fraction of sp³-hybridized carbons (Fsp3) is 0.900. The first-order valence-corrected chi connectivity index (χ1v) is 5.91. The zero-order valence-electron chi connectivity index (χ0n) is 9.05. The number of carbonyl (C=O) groups excluding carboxylic acids is 1. The number of ether oxygens (including phenoxy) is 1. The van der Waals surface area contributed by atoms with Crippen molar-refractivity contribution in [2.45, 2.75) is 46.1 Å².